The second-order valence-corrected chi connectivity index (χ2v) is 8.42. The lowest BCUT2D eigenvalue weighted by molar-refractivity contribution is -0.128. The quantitative estimate of drug-likeness (QED) is 0.774. The Kier molecular flexibility index (Phi) is 6.67. The normalized spacial score (nSPS) is 13.7. The number of hydrogen-bond acceptors (Lipinski definition) is 4. The van der Waals surface area contributed by atoms with Crippen molar-refractivity contribution in [2.24, 2.45) is 0 Å². The lowest BCUT2D eigenvalue weighted by atomic mass is 10.0. The molecule has 1 amide bonds. The minimum Gasteiger partial charge on any atom is -0.479 e. The molecule has 7 heteroatoms. The van der Waals surface area contributed by atoms with Crippen LogP contribution in [0.2, 0.25) is 5.02 Å². The number of carbonyl (C=O) groups is 1. The molecular formula is C19H22ClNO4S. The highest BCUT2D eigenvalue weighted by molar-refractivity contribution is 7.90. The van der Waals surface area contributed by atoms with Crippen molar-refractivity contribution in [3.63, 3.8) is 0 Å². The lowest BCUT2D eigenvalue weighted by Crippen LogP contribution is -2.38. The molecule has 2 aromatic carbocycles. The van der Waals surface area contributed by atoms with Gasteiger partial charge in [0.15, 0.2) is 15.9 Å². The van der Waals surface area contributed by atoms with Gasteiger partial charge in [-0.2, -0.15) is 0 Å². The summed E-state index contributed by atoms with van der Waals surface area (Å²) in [7, 11) is -3.25. The molecule has 0 aromatic heterocycles. The fourth-order valence-electron chi connectivity index (χ4n) is 2.44. The van der Waals surface area contributed by atoms with Crippen LogP contribution in [0.25, 0.3) is 0 Å². The Hall–Kier alpha value is -2.05. The van der Waals surface area contributed by atoms with Gasteiger partial charge in [-0.15, -0.1) is 0 Å². The average molecular weight is 396 g/mol. The van der Waals surface area contributed by atoms with Crippen LogP contribution < -0.4 is 10.1 Å². The minimum atomic E-state index is -3.25. The van der Waals surface area contributed by atoms with E-state index in [1.54, 1.807) is 55.5 Å². The molecule has 0 unspecified atom stereocenters. The molecule has 0 fully saturated rings. The van der Waals surface area contributed by atoms with Crippen LogP contribution in [0.4, 0.5) is 0 Å². The molecule has 0 bridgehead atoms. The first-order chi connectivity index (χ1) is 12.2. The Balaban J connectivity index is 2.06. The average Bonchev–Trinajstić information content (AvgIpc) is 2.60. The van der Waals surface area contributed by atoms with E-state index in [1.807, 2.05) is 6.92 Å². The van der Waals surface area contributed by atoms with E-state index in [-0.39, 0.29) is 16.8 Å². The Labute approximate surface area is 159 Å². The third kappa shape index (κ3) is 5.22. The van der Waals surface area contributed by atoms with E-state index in [1.165, 1.54) is 0 Å². The molecule has 2 rings (SSSR count). The predicted octanol–water partition coefficient (Wildman–Crippen LogP) is 3.78. The Morgan fingerprint density at radius 1 is 1.15 bits per heavy atom. The van der Waals surface area contributed by atoms with Crippen LogP contribution in [0, 0.1) is 0 Å². The third-order valence-electron chi connectivity index (χ3n) is 3.94. The maximum atomic E-state index is 12.5. The highest BCUT2D eigenvalue weighted by Gasteiger charge is 2.20. The molecule has 0 aliphatic rings. The van der Waals surface area contributed by atoms with E-state index in [4.69, 9.17) is 16.3 Å². The summed E-state index contributed by atoms with van der Waals surface area (Å²) in [6.45, 7) is 3.59. The second-order valence-electron chi connectivity index (χ2n) is 6.00. The largest absolute Gasteiger partial charge is 0.479 e. The zero-order valence-electron chi connectivity index (χ0n) is 14.9. The van der Waals surface area contributed by atoms with Gasteiger partial charge in [-0.3, -0.25) is 4.79 Å². The SMILES string of the molecule is CC[C@H](NC(=O)[C@H](C)Oc1ccccc1Cl)c1ccc(S(C)(=O)=O)cc1. The van der Waals surface area contributed by atoms with Crippen LogP contribution in [-0.4, -0.2) is 26.7 Å². The number of carbonyl (C=O) groups excluding carboxylic acids is 1. The van der Waals surface area contributed by atoms with Gasteiger partial charge in [-0.25, -0.2) is 8.42 Å². The summed E-state index contributed by atoms with van der Waals surface area (Å²) in [5.74, 6) is 0.173. The van der Waals surface area contributed by atoms with Gasteiger partial charge in [0.25, 0.3) is 5.91 Å². The van der Waals surface area contributed by atoms with E-state index < -0.39 is 15.9 Å². The number of amides is 1. The number of halogens is 1. The predicted molar refractivity (Wildman–Crippen MR) is 102 cm³/mol. The van der Waals surface area contributed by atoms with Gasteiger partial charge in [0.1, 0.15) is 5.75 Å². The summed E-state index contributed by atoms with van der Waals surface area (Å²) in [6, 6.07) is 13.2. The standard InChI is InChI=1S/C19H22ClNO4S/c1-4-17(14-9-11-15(12-10-14)26(3,23)24)21-19(22)13(2)25-18-8-6-5-7-16(18)20/h5-13,17H,4H2,1-3H3,(H,21,22)/t13-,17-/m0/s1. The molecule has 140 valence electrons. The van der Waals surface area contributed by atoms with E-state index in [9.17, 15) is 13.2 Å². The van der Waals surface area contributed by atoms with Crippen molar-refractivity contribution in [3.8, 4) is 5.75 Å². The molecule has 2 atom stereocenters. The molecule has 2 aromatic rings. The Morgan fingerprint density at radius 3 is 2.31 bits per heavy atom. The molecule has 0 heterocycles. The number of hydrogen-bond donors (Lipinski definition) is 1. The zero-order chi connectivity index (χ0) is 19.3. The van der Waals surface area contributed by atoms with Crippen LogP contribution >= 0.6 is 11.6 Å². The first kappa shape index (κ1) is 20.3. The van der Waals surface area contributed by atoms with Crippen molar-refractivity contribution < 1.29 is 17.9 Å². The summed E-state index contributed by atoms with van der Waals surface area (Å²) < 4.78 is 28.7. The van der Waals surface area contributed by atoms with E-state index in [2.05, 4.69) is 5.32 Å². The molecule has 0 saturated heterocycles. The van der Waals surface area contributed by atoms with E-state index in [0.717, 1.165) is 11.8 Å². The highest BCUT2D eigenvalue weighted by Crippen LogP contribution is 2.25. The van der Waals surface area contributed by atoms with Gasteiger partial charge >= 0.3 is 0 Å². The zero-order valence-corrected chi connectivity index (χ0v) is 16.5. The summed E-state index contributed by atoms with van der Waals surface area (Å²) >= 11 is 6.05. The first-order valence-electron chi connectivity index (χ1n) is 8.24. The van der Waals surface area contributed by atoms with Crippen LogP contribution in [0.1, 0.15) is 31.9 Å². The number of ether oxygens (including phenoxy) is 1. The van der Waals surface area contributed by atoms with Crippen LogP contribution in [0.5, 0.6) is 5.75 Å². The Morgan fingerprint density at radius 2 is 1.77 bits per heavy atom. The molecule has 26 heavy (non-hydrogen) atoms. The smallest absolute Gasteiger partial charge is 0.261 e. The van der Waals surface area contributed by atoms with E-state index in [0.29, 0.717) is 17.2 Å². The van der Waals surface area contributed by atoms with Crippen LogP contribution in [-0.2, 0) is 14.6 Å². The first-order valence-corrected chi connectivity index (χ1v) is 10.5. The van der Waals surface area contributed by atoms with Crippen LogP contribution in [0.3, 0.4) is 0 Å². The molecule has 0 radical (unpaired) electrons. The van der Waals surface area contributed by atoms with Crippen molar-refractivity contribution in [1.29, 1.82) is 0 Å². The van der Waals surface area contributed by atoms with Crippen molar-refractivity contribution in [2.45, 2.75) is 37.3 Å². The monoisotopic (exact) mass is 395 g/mol. The van der Waals surface area contributed by atoms with Gasteiger partial charge in [-0.1, -0.05) is 42.8 Å². The number of rotatable bonds is 7. The van der Waals surface area contributed by atoms with Crippen molar-refractivity contribution in [2.75, 3.05) is 6.26 Å². The second kappa shape index (κ2) is 8.56. The van der Waals surface area contributed by atoms with E-state index >= 15 is 0 Å². The molecular weight excluding hydrogens is 374 g/mol. The summed E-state index contributed by atoms with van der Waals surface area (Å²) in [6.07, 6.45) is 1.09. The van der Waals surface area contributed by atoms with Gasteiger partial charge in [-0.05, 0) is 43.2 Å². The fourth-order valence-corrected chi connectivity index (χ4v) is 3.25. The molecule has 0 saturated carbocycles. The van der Waals surface area contributed by atoms with Gasteiger partial charge < -0.3 is 10.1 Å². The van der Waals surface area contributed by atoms with Gasteiger partial charge in [0.2, 0.25) is 0 Å². The molecule has 0 aliphatic carbocycles. The van der Waals surface area contributed by atoms with Crippen LogP contribution in [0.15, 0.2) is 53.4 Å². The molecule has 0 aliphatic heterocycles. The molecule has 5 nitrogen and oxygen atoms in total. The highest BCUT2D eigenvalue weighted by atomic mass is 35.5. The Bertz CT molecular complexity index is 865. The van der Waals surface area contributed by atoms with Gasteiger partial charge in [0.05, 0.1) is 16.0 Å². The minimum absolute atomic E-state index is 0.242. The number of sulfone groups is 1. The fraction of sp³-hybridized carbons (Fsp3) is 0.316. The summed E-state index contributed by atoms with van der Waals surface area (Å²) in [4.78, 5) is 12.7. The summed E-state index contributed by atoms with van der Waals surface area (Å²) in [5, 5.41) is 3.36. The van der Waals surface area contributed by atoms with Crippen molar-refractivity contribution in [3.05, 3.63) is 59.1 Å². The third-order valence-corrected chi connectivity index (χ3v) is 5.39. The number of nitrogens with one attached hydrogen (secondary N) is 1. The van der Waals surface area contributed by atoms with Crippen molar-refractivity contribution in [1.82, 2.24) is 5.32 Å². The maximum absolute atomic E-state index is 12.5. The number of para-hydroxylation sites is 1. The van der Waals surface area contributed by atoms with Crippen molar-refractivity contribution >= 4 is 27.3 Å². The van der Waals surface area contributed by atoms with Gasteiger partial charge in [0, 0.05) is 6.26 Å². The topological polar surface area (TPSA) is 72.5 Å². The molecule has 0 spiro atoms. The number of benzene rings is 2. The molecule has 1 N–H and O–H groups in total. The maximum Gasteiger partial charge on any atom is 0.261 e. The summed E-state index contributed by atoms with van der Waals surface area (Å²) in [5.41, 5.74) is 0.832. The lowest BCUT2D eigenvalue weighted by Gasteiger charge is -2.21.